The first-order valence-electron chi connectivity index (χ1n) is 6.65. The Labute approximate surface area is 137 Å². The fourth-order valence-electron chi connectivity index (χ4n) is 1.72. The summed E-state index contributed by atoms with van der Waals surface area (Å²) in [5.41, 5.74) is 1.02. The zero-order chi connectivity index (χ0) is 16.8. The summed E-state index contributed by atoms with van der Waals surface area (Å²) in [7, 11) is 2.81. The molecule has 2 rings (SSSR count). The van der Waals surface area contributed by atoms with Crippen LogP contribution < -0.4 is 14.8 Å². The fourth-order valence-corrected chi connectivity index (χ4v) is 2.47. The molecule has 0 aliphatic rings. The third-order valence-electron chi connectivity index (χ3n) is 2.82. The van der Waals surface area contributed by atoms with Crippen molar-refractivity contribution in [3.8, 4) is 11.5 Å². The number of aryl methyl sites for hydroxylation is 1. The predicted molar refractivity (Wildman–Crippen MR) is 85.3 cm³/mol. The number of carbonyl (C=O) groups is 2. The molecule has 0 atom stereocenters. The van der Waals surface area contributed by atoms with Crippen LogP contribution in [0.5, 0.6) is 11.5 Å². The second-order valence-corrected chi connectivity index (χ2v) is 5.54. The molecule has 7 nitrogen and oxygen atoms in total. The van der Waals surface area contributed by atoms with Gasteiger partial charge in [0.1, 0.15) is 4.88 Å². The van der Waals surface area contributed by atoms with E-state index in [1.165, 1.54) is 20.4 Å². The molecule has 0 fully saturated rings. The van der Waals surface area contributed by atoms with E-state index in [1.807, 2.05) is 19.1 Å². The topological polar surface area (TPSA) is 86.8 Å². The summed E-state index contributed by atoms with van der Waals surface area (Å²) in [4.78, 5) is 27.4. The minimum absolute atomic E-state index is 0.202. The highest BCUT2D eigenvalue weighted by atomic mass is 32.1. The molecule has 0 saturated carbocycles. The highest BCUT2D eigenvalue weighted by molar-refractivity contribution is 7.17. The van der Waals surface area contributed by atoms with Crippen molar-refractivity contribution in [2.24, 2.45) is 0 Å². The lowest BCUT2D eigenvalue weighted by Crippen LogP contribution is -2.20. The third-order valence-corrected chi connectivity index (χ3v) is 3.71. The van der Waals surface area contributed by atoms with Gasteiger partial charge in [-0.25, -0.2) is 9.78 Å². The molecule has 23 heavy (non-hydrogen) atoms. The molecule has 2 aromatic rings. The summed E-state index contributed by atoms with van der Waals surface area (Å²) in [6.07, 6.45) is 1.34. The Morgan fingerprint density at radius 2 is 2.04 bits per heavy atom. The second-order valence-electron chi connectivity index (χ2n) is 4.51. The number of hydrogen-bond donors (Lipinski definition) is 1. The smallest absolute Gasteiger partial charge is 0.349 e. The van der Waals surface area contributed by atoms with Gasteiger partial charge in [-0.1, -0.05) is 17.4 Å². The van der Waals surface area contributed by atoms with Crippen LogP contribution in [0.3, 0.4) is 0 Å². The highest BCUT2D eigenvalue weighted by Crippen LogP contribution is 2.27. The van der Waals surface area contributed by atoms with Crippen molar-refractivity contribution in [2.45, 2.75) is 6.92 Å². The molecule has 0 unspecified atom stereocenters. The van der Waals surface area contributed by atoms with Gasteiger partial charge in [0, 0.05) is 0 Å². The molecule has 8 heteroatoms. The maximum absolute atomic E-state index is 11.9. The molecule has 0 aliphatic carbocycles. The Morgan fingerprint density at radius 1 is 1.26 bits per heavy atom. The van der Waals surface area contributed by atoms with Gasteiger partial charge < -0.3 is 14.2 Å². The number of benzene rings is 1. The number of rotatable bonds is 6. The normalized spacial score (nSPS) is 10.0. The van der Waals surface area contributed by atoms with E-state index in [0.717, 1.165) is 16.9 Å². The number of hydrogen-bond acceptors (Lipinski definition) is 7. The Morgan fingerprint density at radius 3 is 2.74 bits per heavy atom. The fraction of sp³-hybridized carbons (Fsp3) is 0.267. The average Bonchev–Trinajstić information content (AvgIpc) is 3.01. The molecule has 1 aromatic heterocycles. The first-order valence-corrected chi connectivity index (χ1v) is 7.46. The Bertz CT molecular complexity index is 714. The number of ether oxygens (including phenoxy) is 3. The first kappa shape index (κ1) is 16.8. The molecular weight excluding hydrogens is 320 g/mol. The van der Waals surface area contributed by atoms with Gasteiger partial charge >= 0.3 is 5.97 Å². The van der Waals surface area contributed by atoms with Crippen molar-refractivity contribution in [3.63, 3.8) is 0 Å². The molecule has 1 N–H and O–H groups in total. The number of amides is 1. The predicted octanol–water partition coefficient (Wildman–Crippen LogP) is 2.26. The van der Waals surface area contributed by atoms with Crippen LogP contribution in [0.2, 0.25) is 0 Å². The number of aromatic nitrogens is 1. The number of nitrogens with one attached hydrogen (secondary N) is 1. The Kier molecular flexibility index (Phi) is 5.53. The molecule has 0 saturated heterocycles. The SMILES string of the molecule is COC(=O)c1cnc(NC(=O)COc2ccc(C)cc2OC)s1. The molecule has 1 amide bonds. The molecular formula is C15H16N2O5S. The molecule has 0 bridgehead atoms. The van der Waals surface area contributed by atoms with E-state index in [4.69, 9.17) is 9.47 Å². The van der Waals surface area contributed by atoms with E-state index < -0.39 is 11.9 Å². The van der Waals surface area contributed by atoms with E-state index in [9.17, 15) is 9.59 Å². The summed E-state index contributed by atoms with van der Waals surface area (Å²) < 4.78 is 15.2. The van der Waals surface area contributed by atoms with Crippen LogP contribution >= 0.6 is 11.3 Å². The molecule has 122 valence electrons. The van der Waals surface area contributed by atoms with Gasteiger partial charge in [0.2, 0.25) is 0 Å². The van der Waals surface area contributed by atoms with Gasteiger partial charge in [-0.15, -0.1) is 0 Å². The molecule has 1 heterocycles. The number of esters is 1. The number of thiazole rings is 1. The van der Waals surface area contributed by atoms with E-state index in [0.29, 0.717) is 21.5 Å². The molecule has 0 spiro atoms. The minimum atomic E-state index is -0.497. The lowest BCUT2D eigenvalue weighted by molar-refractivity contribution is -0.118. The highest BCUT2D eigenvalue weighted by Gasteiger charge is 2.13. The zero-order valence-electron chi connectivity index (χ0n) is 12.9. The largest absolute Gasteiger partial charge is 0.493 e. The van der Waals surface area contributed by atoms with Gasteiger partial charge in [-0.05, 0) is 24.6 Å². The number of carbonyl (C=O) groups excluding carboxylic acids is 2. The summed E-state index contributed by atoms with van der Waals surface area (Å²) in [5.74, 6) is 0.143. The van der Waals surface area contributed by atoms with Crippen LogP contribution in [0.15, 0.2) is 24.4 Å². The Hall–Kier alpha value is -2.61. The first-order chi connectivity index (χ1) is 11.0. The van der Waals surface area contributed by atoms with Crippen molar-refractivity contribution in [2.75, 3.05) is 26.1 Å². The average molecular weight is 336 g/mol. The maximum atomic E-state index is 11.9. The van der Waals surface area contributed by atoms with Crippen molar-refractivity contribution in [1.82, 2.24) is 4.98 Å². The van der Waals surface area contributed by atoms with Crippen LogP contribution in [0.1, 0.15) is 15.2 Å². The van der Waals surface area contributed by atoms with Gasteiger partial charge in [0.05, 0.1) is 20.4 Å². The van der Waals surface area contributed by atoms with E-state index in [2.05, 4.69) is 15.0 Å². The second kappa shape index (κ2) is 7.59. The van der Waals surface area contributed by atoms with Crippen molar-refractivity contribution in [3.05, 3.63) is 34.8 Å². The zero-order valence-corrected chi connectivity index (χ0v) is 13.7. The van der Waals surface area contributed by atoms with Crippen molar-refractivity contribution < 1.29 is 23.8 Å². The monoisotopic (exact) mass is 336 g/mol. The quantitative estimate of drug-likeness (QED) is 0.814. The summed E-state index contributed by atoms with van der Waals surface area (Å²) in [6, 6.07) is 5.41. The lowest BCUT2D eigenvalue weighted by Gasteiger charge is -2.10. The van der Waals surface area contributed by atoms with E-state index in [1.54, 1.807) is 6.07 Å². The standard InChI is InChI=1S/C15H16N2O5S/c1-9-4-5-10(11(6-9)20-2)22-8-13(18)17-15-16-7-12(23-15)14(19)21-3/h4-7H,8H2,1-3H3,(H,16,17,18). The maximum Gasteiger partial charge on any atom is 0.349 e. The van der Waals surface area contributed by atoms with Crippen LogP contribution in [0.4, 0.5) is 5.13 Å². The van der Waals surface area contributed by atoms with Gasteiger partial charge in [0.15, 0.2) is 23.2 Å². The minimum Gasteiger partial charge on any atom is -0.493 e. The Balaban J connectivity index is 1.93. The van der Waals surface area contributed by atoms with Gasteiger partial charge in [-0.2, -0.15) is 0 Å². The summed E-state index contributed by atoms with van der Waals surface area (Å²) in [6.45, 7) is 1.73. The van der Waals surface area contributed by atoms with Crippen molar-refractivity contribution >= 4 is 28.3 Å². The molecule has 0 aliphatic heterocycles. The molecule has 0 radical (unpaired) electrons. The van der Waals surface area contributed by atoms with Gasteiger partial charge in [0.25, 0.3) is 5.91 Å². The molecule has 1 aromatic carbocycles. The van der Waals surface area contributed by atoms with Gasteiger partial charge in [-0.3, -0.25) is 10.1 Å². The number of methoxy groups -OCH3 is 2. The third kappa shape index (κ3) is 4.43. The van der Waals surface area contributed by atoms with E-state index >= 15 is 0 Å². The number of nitrogens with zero attached hydrogens (tertiary/aromatic N) is 1. The van der Waals surface area contributed by atoms with Crippen LogP contribution in [-0.4, -0.2) is 37.7 Å². The summed E-state index contributed by atoms with van der Waals surface area (Å²) in [5, 5.41) is 2.86. The van der Waals surface area contributed by atoms with Crippen molar-refractivity contribution in [1.29, 1.82) is 0 Å². The van der Waals surface area contributed by atoms with Crippen LogP contribution in [0, 0.1) is 6.92 Å². The van der Waals surface area contributed by atoms with Crippen LogP contribution in [0.25, 0.3) is 0 Å². The van der Waals surface area contributed by atoms with E-state index in [-0.39, 0.29) is 6.61 Å². The summed E-state index contributed by atoms with van der Waals surface area (Å²) >= 11 is 1.03. The van der Waals surface area contributed by atoms with Crippen LogP contribution in [-0.2, 0) is 9.53 Å². The lowest BCUT2D eigenvalue weighted by atomic mass is 10.2. The number of anilines is 1.